The van der Waals surface area contributed by atoms with E-state index in [4.69, 9.17) is 4.74 Å². The van der Waals surface area contributed by atoms with Crippen LogP contribution in [-0.2, 0) is 39.5 Å². The highest BCUT2D eigenvalue weighted by Gasteiger charge is 2.39. The number of nitrogens with zero attached hydrogens (tertiary/aromatic N) is 6. The SMILES string of the molecule is CN1CCN(C2CCN(C(=O)[C@@H](Cc3cccc(C(F)(F)F)c3)O[C@H](Cc3cccc(C(F)(F)F)c3)C(=O)N3CCC(N4CCN(C)CC4)CC3)CC2)CC1. The van der Waals surface area contributed by atoms with Gasteiger partial charge >= 0.3 is 12.4 Å². The number of carbonyl (C=O) groups is 2. The molecule has 9 nitrogen and oxygen atoms in total. The predicted molar refractivity (Wildman–Crippen MR) is 196 cm³/mol. The predicted octanol–water partition coefficient (Wildman–Crippen LogP) is 4.74. The minimum absolute atomic E-state index is 0.207. The molecule has 0 bridgehead atoms. The number of carbonyl (C=O) groups excluding carboxylic acids is 2. The Bertz CT molecular complexity index is 1460. The first kappa shape index (κ1) is 41.4. The second-order valence-electron chi connectivity index (χ2n) is 15.7. The number of alkyl halides is 6. The van der Waals surface area contributed by atoms with E-state index in [1.165, 1.54) is 24.3 Å². The number of halogens is 6. The van der Waals surface area contributed by atoms with E-state index < -0.39 is 47.5 Å². The molecule has 0 unspecified atom stereocenters. The molecule has 2 aromatic carbocycles. The quantitative estimate of drug-likeness (QED) is 0.323. The van der Waals surface area contributed by atoms with Crippen molar-refractivity contribution in [2.24, 2.45) is 0 Å². The van der Waals surface area contributed by atoms with Gasteiger partial charge in [-0.05, 0) is 63.0 Å². The average molecular weight is 781 g/mol. The summed E-state index contributed by atoms with van der Waals surface area (Å²) in [6.45, 7) is 9.25. The molecule has 2 atom stereocenters. The number of hydrogen-bond donors (Lipinski definition) is 0. The molecule has 2 amide bonds. The van der Waals surface area contributed by atoms with Crippen LogP contribution in [0.25, 0.3) is 0 Å². The summed E-state index contributed by atoms with van der Waals surface area (Å²) in [7, 11) is 4.18. The van der Waals surface area contributed by atoms with Crippen LogP contribution in [0, 0.1) is 0 Å². The van der Waals surface area contributed by atoms with Crippen molar-refractivity contribution in [1.82, 2.24) is 29.4 Å². The number of amides is 2. The Hall–Kier alpha value is -3.24. The van der Waals surface area contributed by atoms with E-state index in [2.05, 4.69) is 33.7 Å². The Morgan fingerprint density at radius 3 is 1.25 bits per heavy atom. The van der Waals surface area contributed by atoms with E-state index in [0.717, 1.165) is 102 Å². The largest absolute Gasteiger partial charge is 0.416 e. The summed E-state index contributed by atoms with van der Waals surface area (Å²) in [6, 6.07) is 10.00. The molecule has 4 aliphatic heterocycles. The van der Waals surface area contributed by atoms with Crippen molar-refractivity contribution in [2.75, 3.05) is 92.6 Å². The maximum atomic E-state index is 14.4. The zero-order valence-electron chi connectivity index (χ0n) is 31.8. The highest BCUT2D eigenvalue weighted by molar-refractivity contribution is 5.84. The Balaban J connectivity index is 1.24. The van der Waals surface area contributed by atoms with Gasteiger partial charge in [0.05, 0.1) is 11.1 Å². The minimum Gasteiger partial charge on any atom is -0.355 e. The van der Waals surface area contributed by atoms with Crippen LogP contribution in [0.15, 0.2) is 48.5 Å². The number of piperidine rings is 2. The first-order valence-electron chi connectivity index (χ1n) is 19.5. The summed E-state index contributed by atoms with van der Waals surface area (Å²) in [5, 5.41) is 0. The lowest BCUT2D eigenvalue weighted by Crippen LogP contribution is -2.55. The molecule has 0 spiro atoms. The summed E-state index contributed by atoms with van der Waals surface area (Å²) in [4.78, 5) is 41.6. The van der Waals surface area contributed by atoms with E-state index in [9.17, 15) is 35.9 Å². The van der Waals surface area contributed by atoms with Crippen LogP contribution < -0.4 is 0 Å². The van der Waals surface area contributed by atoms with Gasteiger partial charge in [-0.2, -0.15) is 26.3 Å². The van der Waals surface area contributed by atoms with Crippen LogP contribution in [-0.4, -0.2) is 158 Å². The second kappa shape index (κ2) is 17.9. The van der Waals surface area contributed by atoms with Crippen molar-refractivity contribution in [3.63, 3.8) is 0 Å². The summed E-state index contributed by atoms with van der Waals surface area (Å²) >= 11 is 0. The van der Waals surface area contributed by atoms with Crippen LogP contribution >= 0.6 is 0 Å². The molecule has 15 heteroatoms. The fourth-order valence-corrected chi connectivity index (χ4v) is 8.45. The standard InChI is InChI=1S/C40H54F6N6O3/c1-47-17-21-49(22-18-47)33-9-13-51(14-10-33)37(53)35(27-29-5-3-7-31(25-29)39(41,42)43)55-36(28-30-6-4-8-32(26-30)40(44,45)46)38(54)52-15-11-34(12-16-52)50-23-19-48(2)20-24-50/h3-8,25-26,33-36H,9-24,27-28H2,1-2H3/t35-,36-/m1/s1. The van der Waals surface area contributed by atoms with Gasteiger partial charge in [-0.15, -0.1) is 0 Å². The van der Waals surface area contributed by atoms with Crippen LogP contribution in [0.2, 0.25) is 0 Å². The van der Waals surface area contributed by atoms with Gasteiger partial charge in [-0.25, -0.2) is 0 Å². The van der Waals surface area contributed by atoms with Gasteiger partial charge in [0.25, 0.3) is 11.8 Å². The molecule has 4 fully saturated rings. The second-order valence-corrected chi connectivity index (χ2v) is 15.7. The topological polar surface area (TPSA) is 62.8 Å². The number of benzene rings is 2. The zero-order chi connectivity index (χ0) is 39.3. The lowest BCUT2D eigenvalue weighted by atomic mass is 9.98. The van der Waals surface area contributed by atoms with Gasteiger partial charge in [0.15, 0.2) is 0 Å². The molecule has 0 saturated carbocycles. The van der Waals surface area contributed by atoms with Crippen LogP contribution in [0.1, 0.15) is 47.9 Å². The molecule has 0 radical (unpaired) electrons. The molecule has 55 heavy (non-hydrogen) atoms. The van der Waals surface area contributed by atoms with Crippen molar-refractivity contribution in [3.8, 4) is 0 Å². The number of ether oxygens (including phenoxy) is 1. The molecule has 0 aliphatic carbocycles. The monoisotopic (exact) mass is 780 g/mol. The summed E-state index contributed by atoms with van der Waals surface area (Å²) in [5.74, 6) is -0.880. The molecular weight excluding hydrogens is 726 g/mol. The van der Waals surface area contributed by atoms with Gasteiger partial charge in [-0.1, -0.05) is 36.4 Å². The smallest absolute Gasteiger partial charge is 0.355 e. The highest BCUT2D eigenvalue weighted by Crippen LogP contribution is 2.32. The van der Waals surface area contributed by atoms with Crippen LogP contribution in [0.4, 0.5) is 26.3 Å². The Labute approximate surface area is 320 Å². The first-order chi connectivity index (χ1) is 26.1. The van der Waals surface area contributed by atoms with Crippen molar-refractivity contribution < 1.29 is 40.7 Å². The maximum absolute atomic E-state index is 14.4. The Morgan fingerprint density at radius 1 is 0.582 bits per heavy atom. The third-order valence-electron chi connectivity index (χ3n) is 11.9. The molecule has 0 aromatic heterocycles. The van der Waals surface area contributed by atoms with Crippen LogP contribution in [0.3, 0.4) is 0 Å². The van der Waals surface area contributed by atoms with E-state index in [1.54, 1.807) is 9.80 Å². The summed E-state index contributed by atoms with van der Waals surface area (Å²) < 4.78 is 89.0. The highest BCUT2D eigenvalue weighted by atomic mass is 19.4. The Kier molecular flexibility index (Phi) is 13.5. The van der Waals surface area contributed by atoms with Crippen molar-refractivity contribution in [1.29, 1.82) is 0 Å². The fraction of sp³-hybridized carbons (Fsp3) is 0.650. The molecule has 4 saturated heterocycles. The molecule has 6 rings (SSSR count). The van der Waals surface area contributed by atoms with Crippen molar-refractivity contribution >= 4 is 11.8 Å². The molecule has 4 aliphatic rings. The van der Waals surface area contributed by atoms with Crippen molar-refractivity contribution in [3.05, 3.63) is 70.8 Å². The normalized spacial score (nSPS) is 22.2. The molecule has 0 N–H and O–H groups in total. The molecular formula is C40H54F6N6O3. The average Bonchev–Trinajstić information content (AvgIpc) is 3.17. The van der Waals surface area contributed by atoms with Crippen molar-refractivity contribution in [2.45, 2.75) is 75.2 Å². The molecule has 4 heterocycles. The minimum atomic E-state index is -4.61. The number of likely N-dealkylation sites (tertiary alicyclic amines) is 2. The lowest BCUT2D eigenvalue weighted by molar-refractivity contribution is -0.159. The number of hydrogen-bond acceptors (Lipinski definition) is 7. The van der Waals surface area contributed by atoms with E-state index >= 15 is 0 Å². The summed E-state index contributed by atoms with van der Waals surface area (Å²) in [6.07, 6.45) is -9.49. The lowest BCUT2D eigenvalue weighted by Gasteiger charge is -2.43. The number of likely N-dealkylation sites (N-methyl/N-ethyl adjacent to an activating group) is 2. The van der Waals surface area contributed by atoms with E-state index in [0.29, 0.717) is 38.3 Å². The number of piperazine rings is 2. The van der Waals surface area contributed by atoms with E-state index in [1.807, 2.05) is 0 Å². The third-order valence-corrected chi connectivity index (χ3v) is 11.9. The summed E-state index contributed by atoms with van der Waals surface area (Å²) in [5.41, 5.74) is -1.33. The fourth-order valence-electron chi connectivity index (χ4n) is 8.45. The van der Waals surface area contributed by atoms with Gasteiger partial charge in [0.1, 0.15) is 12.2 Å². The molecule has 2 aromatic rings. The van der Waals surface area contributed by atoms with Gasteiger partial charge in [0, 0.05) is 103 Å². The van der Waals surface area contributed by atoms with Gasteiger partial charge in [0.2, 0.25) is 0 Å². The first-order valence-corrected chi connectivity index (χ1v) is 19.5. The molecule has 304 valence electrons. The maximum Gasteiger partial charge on any atom is 0.416 e. The Morgan fingerprint density at radius 2 is 0.927 bits per heavy atom. The van der Waals surface area contributed by atoms with Crippen LogP contribution in [0.5, 0.6) is 0 Å². The zero-order valence-corrected chi connectivity index (χ0v) is 31.8. The van der Waals surface area contributed by atoms with E-state index in [-0.39, 0.29) is 24.0 Å². The van der Waals surface area contributed by atoms with Gasteiger partial charge < -0.3 is 24.3 Å². The third kappa shape index (κ3) is 11.0. The van der Waals surface area contributed by atoms with Gasteiger partial charge in [-0.3, -0.25) is 19.4 Å². The number of rotatable bonds is 10.